The SMILES string of the molecule is NCc1ccc(N2CC3CCC2C3)c(Cl)c1. The fourth-order valence-corrected chi connectivity index (χ4v) is 3.44. The van der Waals surface area contributed by atoms with Crippen LogP contribution in [0.1, 0.15) is 24.8 Å². The van der Waals surface area contributed by atoms with Gasteiger partial charge in [0.25, 0.3) is 0 Å². The lowest BCUT2D eigenvalue weighted by Crippen LogP contribution is -2.32. The van der Waals surface area contributed by atoms with Crippen LogP contribution >= 0.6 is 11.6 Å². The van der Waals surface area contributed by atoms with Gasteiger partial charge in [-0.2, -0.15) is 0 Å². The van der Waals surface area contributed by atoms with E-state index in [0.717, 1.165) is 22.5 Å². The van der Waals surface area contributed by atoms with Crippen molar-refractivity contribution < 1.29 is 0 Å². The molecule has 3 rings (SSSR count). The van der Waals surface area contributed by atoms with E-state index in [1.54, 1.807) is 0 Å². The van der Waals surface area contributed by atoms with Crippen LogP contribution in [0.25, 0.3) is 0 Å². The standard InChI is InChI=1S/C13H17ClN2/c14-12-6-9(7-15)2-4-13(12)16-8-10-1-3-11(16)5-10/h2,4,6,10-11H,1,3,5,7-8,15H2. The number of anilines is 1. The fourth-order valence-electron chi connectivity index (χ4n) is 3.13. The Balaban J connectivity index is 1.89. The van der Waals surface area contributed by atoms with Gasteiger partial charge in [0.1, 0.15) is 0 Å². The van der Waals surface area contributed by atoms with Crippen molar-refractivity contribution in [2.24, 2.45) is 11.7 Å². The molecule has 3 heteroatoms. The maximum absolute atomic E-state index is 6.33. The van der Waals surface area contributed by atoms with Crippen LogP contribution in [0.5, 0.6) is 0 Å². The Kier molecular flexibility index (Phi) is 2.56. The largest absolute Gasteiger partial charge is 0.367 e. The number of hydrogen-bond acceptors (Lipinski definition) is 2. The number of nitrogens with two attached hydrogens (primary N) is 1. The van der Waals surface area contributed by atoms with E-state index in [9.17, 15) is 0 Å². The third-order valence-electron chi connectivity index (χ3n) is 3.97. The first-order valence-corrected chi connectivity index (χ1v) is 6.41. The second-order valence-electron chi connectivity index (χ2n) is 4.98. The summed E-state index contributed by atoms with van der Waals surface area (Å²) in [6.07, 6.45) is 4.09. The Morgan fingerprint density at radius 3 is 2.81 bits per heavy atom. The number of benzene rings is 1. The smallest absolute Gasteiger partial charge is 0.0642 e. The van der Waals surface area contributed by atoms with Crippen LogP contribution in [0, 0.1) is 5.92 Å². The minimum absolute atomic E-state index is 0.562. The van der Waals surface area contributed by atoms with Gasteiger partial charge in [-0.05, 0) is 42.9 Å². The number of fused-ring (bicyclic) bond motifs is 2. The van der Waals surface area contributed by atoms with Gasteiger partial charge < -0.3 is 10.6 Å². The molecule has 1 aliphatic carbocycles. The Labute approximate surface area is 101 Å². The molecular formula is C13H17ClN2. The summed E-state index contributed by atoms with van der Waals surface area (Å²) in [5.41, 5.74) is 7.92. The molecule has 2 N–H and O–H groups in total. The quantitative estimate of drug-likeness (QED) is 0.856. The zero-order valence-corrected chi connectivity index (χ0v) is 10.1. The monoisotopic (exact) mass is 236 g/mol. The number of halogens is 1. The van der Waals surface area contributed by atoms with Crippen molar-refractivity contribution in [2.45, 2.75) is 31.8 Å². The summed E-state index contributed by atoms with van der Waals surface area (Å²) in [5.74, 6) is 0.898. The summed E-state index contributed by atoms with van der Waals surface area (Å²) < 4.78 is 0. The van der Waals surface area contributed by atoms with Crippen molar-refractivity contribution in [1.82, 2.24) is 0 Å². The van der Waals surface area contributed by atoms with Crippen LogP contribution in [0.3, 0.4) is 0 Å². The van der Waals surface area contributed by atoms with E-state index in [-0.39, 0.29) is 0 Å². The van der Waals surface area contributed by atoms with E-state index in [1.165, 1.54) is 31.5 Å². The third kappa shape index (κ3) is 1.61. The van der Waals surface area contributed by atoms with Crippen molar-refractivity contribution in [2.75, 3.05) is 11.4 Å². The van der Waals surface area contributed by atoms with E-state index >= 15 is 0 Å². The summed E-state index contributed by atoms with van der Waals surface area (Å²) in [7, 11) is 0. The maximum atomic E-state index is 6.33. The molecule has 2 nitrogen and oxygen atoms in total. The van der Waals surface area contributed by atoms with Gasteiger partial charge in [-0.25, -0.2) is 0 Å². The van der Waals surface area contributed by atoms with E-state index < -0.39 is 0 Å². The number of rotatable bonds is 2. The highest BCUT2D eigenvalue weighted by molar-refractivity contribution is 6.33. The van der Waals surface area contributed by atoms with Crippen LogP contribution in [0.4, 0.5) is 5.69 Å². The molecule has 0 spiro atoms. The predicted molar refractivity (Wildman–Crippen MR) is 67.8 cm³/mol. The van der Waals surface area contributed by atoms with E-state index in [2.05, 4.69) is 17.0 Å². The molecule has 0 amide bonds. The van der Waals surface area contributed by atoms with Crippen LogP contribution in [0.2, 0.25) is 5.02 Å². The molecule has 1 aromatic carbocycles. The zero-order valence-electron chi connectivity index (χ0n) is 9.32. The molecule has 86 valence electrons. The molecule has 1 saturated heterocycles. The lowest BCUT2D eigenvalue weighted by molar-refractivity contribution is 0.553. The first kappa shape index (κ1) is 10.4. The lowest BCUT2D eigenvalue weighted by atomic mass is 10.1. The van der Waals surface area contributed by atoms with Crippen LogP contribution < -0.4 is 10.6 Å². The van der Waals surface area contributed by atoms with Crippen molar-refractivity contribution in [1.29, 1.82) is 0 Å². The molecule has 2 atom stereocenters. The highest BCUT2D eigenvalue weighted by Gasteiger charge is 2.38. The Morgan fingerprint density at radius 1 is 1.38 bits per heavy atom. The second-order valence-corrected chi connectivity index (χ2v) is 5.38. The Morgan fingerprint density at radius 2 is 2.25 bits per heavy atom. The molecule has 0 aromatic heterocycles. The molecule has 1 aliphatic heterocycles. The molecule has 2 bridgehead atoms. The van der Waals surface area contributed by atoms with Gasteiger partial charge in [-0.1, -0.05) is 17.7 Å². The van der Waals surface area contributed by atoms with Crippen LogP contribution in [-0.2, 0) is 6.54 Å². The zero-order chi connectivity index (χ0) is 11.1. The Bertz CT molecular complexity index is 405. The molecule has 2 unspecified atom stereocenters. The number of nitrogens with zero attached hydrogens (tertiary/aromatic N) is 1. The molecule has 0 radical (unpaired) electrons. The van der Waals surface area contributed by atoms with E-state index in [0.29, 0.717) is 6.54 Å². The van der Waals surface area contributed by atoms with Crippen molar-refractivity contribution >= 4 is 17.3 Å². The van der Waals surface area contributed by atoms with Crippen molar-refractivity contribution in [3.63, 3.8) is 0 Å². The molecule has 2 fully saturated rings. The van der Waals surface area contributed by atoms with Gasteiger partial charge >= 0.3 is 0 Å². The highest BCUT2D eigenvalue weighted by atomic mass is 35.5. The first-order valence-electron chi connectivity index (χ1n) is 6.03. The number of hydrogen-bond donors (Lipinski definition) is 1. The van der Waals surface area contributed by atoms with Gasteiger partial charge in [-0.3, -0.25) is 0 Å². The van der Waals surface area contributed by atoms with Crippen LogP contribution in [-0.4, -0.2) is 12.6 Å². The Hall–Kier alpha value is -0.730. The van der Waals surface area contributed by atoms with E-state index in [4.69, 9.17) is 17.3 Å². The van der Waals surface area contributed by atoms with Gasteiger partial charge in [0.2, 0.25) is 0 Å². The average Bonchev–Trinajstić information content (AvgIpc) is 2.90. The lowest BCUT2D eigenvalue weighted by Gasteiger charge is -2.30. The average molecular weight is 237 g/mol. The summed E-state index contributed by atoms with van der Waals surface area (Å²) >= 11 is 6.33. The summed E-state index contributed by atoms with van der Waals surface area (Å²) in [6.45, 7) is 1.75. The van der Waals surface area contributed by atoms with E-state index in [1.807, 2.05) is 6.07 Å². The topological polar surface area (TPSA) is 29.3 Å². The minimum Gasteiger partial charge on any atom is -0.367 e. The molecular weight excluding hydrogens is 220 g/mol. The summed E-state index contributed by atoms with van der Waals surface area (Å²) in [6, 6.07) is 6.95. The molecule has 2 aliphatic rings. The van der Waals surface area contributed by atoms with Crippen molar-refractivity contribution in [3.8, 4) is 0 Å². The summed E-state index contributed by atoms with van der Waals surface area (Å²) in [4.78, 5) is 2.48. The molecule has 16 heavy (non-hydrogen) atoms. The normalized spacial score (nSPS) is 27.8. The van der Waals surface area contributed by atoms with Gasteiger partial charge in [-0.15, -0.1) is 0 Å². The molecule has 1 aromatic rings. The fraction of sp³-hybridized carbons (Fsp3) is 0.538. The molecule has 1 heterocycles. The van der Waals surface area contributed by atoms with Crippen molar-refractivity contribution in [3.05, 3.63) is 28.8 Å². The minimum atomic E-state index is 0.562. The first-order chi connectivity index (χ1) is 7.78. The highest BCUT2D eigenvalue weighted by Crippen LogP contribution is 2.42. The third-order valence-corrected chi connectivity index (χ3v) is 4.27. The maximum Gasteiger partial charge on any atom is 0.0642 e. The van der Waals surface area contributed by atoms with Gasteiger partial charge in [0.05, 0.1) is 10.7 Å². The number of piperidine rings is 1. The van der Waals surface area contributed by atoms with Gasteiger partial charge in [0, 0.05) is 19.1 Å². The van der Waals surface area contributed by atoms with Crippen LogP contribution in [0.15, 0.2) is 18.2 Å². The second kappa shape index (κ2) is 3.94. The van der Waals surface area contributed by atoms with Gasteiger partial charge in [0.15, 0.2) is 0 Å². The predicted octanol–water partition coefficient (Wildman–Crippen LogP) is 2.79. The summed E-state index contributed by atoms with van der Waals surface area (Å²) in [5, 5.41) is 0.857. The molecule has 1 saturated carbocycles.